The molecule has 0 saturated carbocycles. The fraction of sp³-hybridized carbons (Fsp3) is 0.185. The van der Waals surface area contributed by atoms with Gasteiger partial charge in [-0.3, -0.25) is 9.59 Å². The van der Waals surface area contributed by atoms with Crippen LogP contribution in [0.2, 0.25) is 0 Å². The van der Waals surface area contributed by atoms with Gasteiger partial charge in [-0.25, -0.2) is 4.90 Å². The first kappa shape index (κ1) is 21.4. The molecule has 162 valence electrons. The van der Waals surface area contributed by atoms with Crippen LogP contribution in [0.1, 0.15) is 29.2 Å². The van der Waals surface area contributed by atoms with Crippen molar-refractivity contribution in [2.75, 3.05) is 16.8 Å². The summed E-state index contributed by atoms with van der Waals surface area (Å²) < 4.78 is 5.71. The van der Waals surface area contributed by atoms with Crippen molar-refractivity contribution < 1.29 is 14.3 Å². The molecular formula is C27H26N2O3. The van der Waals surface area contributed by atoms with E-state index < -0.39 is 5.91 Å². The number of ether oxygens (including phenoxy) is 1. The zero-order valence-electron chi connectivity index (χ0n) is 18.7. The number of para-hydroxylation sites is 2. The number of hydrogen-bond acceptors (Lipinski definition) is 4. The van der Waals surface area contributed by atoms with E-state index in [0.29, 0.717) is 23.6 Å². The smallest absolute Gasteiger partial charge is 0.282 e. The number of imide groups is 1. The van der Waals surface area contributed by atoms with Crippen LogP contribution in [-0.4, -0.2) is 18.4 Å². The van der Waals surface area contributed by atoms with Gasteiger partial charge < -0.3 is 10.1 Å². The molecule has 5 nitrogen and oxygen atoms in total. The summed E-state index contributed by atoms with van der Waals surface area (Å²) in [6, 6.07) is 20.7. The van der Waals surface area contributed by atoms with Crippen molar-refractivity contribution in [1.29, 1.82) is 0 Å². The van der Waals surface area contributed by atoms with Crippen LogP contribution in [0.5, 0.6) is 5.75 Å². The number of nitrogens with zero attached hydrogens (tertiary/aromatic N) is 1. The highest BCUT2D eigenvalue weighted by molar-refractivity contribution is 6.46. The van der Waals surface area contributed by atoms with Crippen molar-refractivity contribution in [1.82, 2.24) is 0 Å². The average molecular weight is 427 g/mol. The SMILES string of the molecule is CCOc1ccccc1N1C(=O)C(Nc2cccc(C)c2)=C(c2ccc(C)cc2C)C1=O. The highest BCUT2D eigenvalue weighted by Gasteiger charge is 2.41. The Balaban J connectivity index is 1.87. The molecule has 0 bridgehead atoms. The van der Waals surface area contributed by atoms with Crippen LogP contribution in [-0.2, 0) is 9.59 Å². The standard InChI is InChI=1S/C27H26N2O3/c1-5-32-23-12-7-6-11-22(23)29-26(30)24(21-14-13-18(3)15-19(21)4)25(27(29)31)28-20-10-8-9-17(2)16-20/h6-16,28H,5H2,1-4H3. The zero-order chi connectivity index (χ0) is 22.8. The summed E-state index contributed by atoms with van der Waals surface area (Å²) in [6.45, 7) is 8.24. The topological polar surface area (TPSA) is 58.6 Å². The van der Waals surface area contributed by atoms with E-state index in [0.717, 1.165) is 27.9 Å². The van der Waals surface area contributed by atoms with E-state index in [1.165, 1.54) is 4.90 Å². The summed E-state index contributed by atoms with van der Waals surface area (Å²) in [5.74, 6) is -0.281. The lowest BCUT2D eigenvalue weighted by atomic mass is 9.97. The van der Waals surface area contributed by atoms with Crippen LogP contribution in [0.15, 0.2) is 72.4 Å². The lowest BCUT2D eigenvalue weighted by Gasteiger charge is -2.19. The van der Waals surface area contributed by atoms with Gasteiger partial charge in [0.05, 0.1) is 17.9 Å². The molecule has 0 fully saturated rings. The molecule has 0 unspecified atom stereocenters. The molecule has 0 aromatic heterocycles. The normalized spacial score (nSPS) is 13.7. The molecule has 1 aliphatic heterocycles. The molecule has 3 aromatic carbocycles. The lowest BCUT2D eigenvalue weighted by Crippen LogP contribution is -2.32. The van der Waals surface area contributed by atoms with Crippen LogP contribution < -0.4 is 15.0 Å². The Bertz CT molecular complexity index is 1240. The number of hydrogen-bond donors (Lipinski definition) is 1. The fourth-order valence-electron chi connectivity index (χ4n) is 4.00. The number of benzene rings is 3. The van der Waals surface area contributed by atoms with Gasteiger partial charge in [0.2, 0.25) is 0 Å². The first-order chi connectivity index (χ1) is 15.4. The number of rotatable bonds is 6. The Kier molecular flexibility index (Phi) is 5.82. The quantitative estimate of drug-likeness (QED) is 0.536. The highest BCUT2D eigenvalue weighted by Crippen LogP contribution is 2.38. The maximum atomic E-state index is 13.7. The minimum atomic E-state index is -0.404. The molecule has 0 radical (unpaired) electrons. The molecule has 1 heterocycles. The molecule has 0 atom stereocenters. The third-order valence-electron chi connectivity index (χ3n) is 5.43. The number of nitrogens with one attached hydrogen (secondary N) is 1. The number of anilines is 2. The predicted molar refractivity (Wildman–Crippen MR) is 128 cm³/mol. The van der Waals surface area contributed by atoms with Crippen LogP contribution in [0.4, 0.5) is 11.4 Å². The second-order valence-corrected chi connectivity index (χ2v) is 7.91. The molecular weight excluding hydrogens is 400 g/mol. The van der Waals surface area contributed by atoms with Crippen molar-refractivity contribution >= 4 is 28.8 Å². The molecule has 32 heavy (non-hydrogen) atoms. The number of carbonyl (C=O) groups is 2. The van der Waals surface area contributed by atoms with Gasteiger partial charge in [-0.15, -0.1) is 0 Å². The minimum absolute atomic E-state index is 0.263. The monoisotopic (exact) mass is 426 g/mol. The molecule has 2 amide bonds. The maximum Gasteiger partial charge on any atom is 0.282 e. The fourth-order valence-corrected chi connectivity index (χ4v) is 4.00. The first-order valence-corrected chi connectivity index (χ1v) is 10.7. The highest BCUT2D eigenvalue weighted by atomic mass is 16.5. The summed E-state index contributed by atoms with van der Waals surface area (Å²) in [7, 11) is 0. The van der Waals surface area contributed by atoms with Crippen molar-refractivity contribution in [3.63, 3.8) is 0 Å². The Morgan fingerprint density at radius 1 is 0.844 bits per heavy atom. The van der Waals surface area contributed by atoms with E-state index in [2.05, 4.69) is 5.32 Å². The third kappa shape index (κ3) is 3.89. The van der Waals surface area contributed by atoms with E-state index in [1.807, 2.05) is 76.2 Å². The second-order valence-electron chi connectivity index (χ2n) is 7.91. The Morgan fingerprint density at radius 3 is 2.31 bits per heavy atom. The Hall–Kier alpha value is -3.86. The van der Waals surface area contributed by atoms with Crippen molar-refractivity contribution in [3.05, 3.63) is 94.7 Å². The number of amides is 2. The minimum Gasteiger partial charge on any atom is -0.492 e. The van der Waals surface area contributed by atoms with E-state index in [1.54, 1.807) is 18.2 Å². The van der Waals surface area contributed by atoms with Gasteiger partial charge in [0, 0.05) is 5.69 Å². The van der Waals surface area contributed by atoms with Gasteiger partial charge in [0.25, 0.3) is 11.8 Å². The molecule has 1 N–H and O–H groups in total. The number of carbonyl (C=O) groups excluding carboxylic acids is 2. The molecule has 3 aromatic rings. The molecule has 0 spiro atoms. The largest absolute Gasteiger partial charge is 0.492 e. The molecule has 0 saturated heterocycles. The van der Waals surface area contributed by atoms with Gasteiger partial charge in [-0.2, -0.15) is 0 Å². The summed E-state index contributed by atoms with van der Waals surface area (Å²) in [6.07, 6.45) is 0. The number of aryl methyl sites for hydroxylation is 3. The van der Waals surface area contributed by atoms with Crippen LogP contribution >= 0.6 is 0 Å². The van der Waals surface area contributed by atoms with Crippen molar-refractivity contribution in [2.45, 2.75) is 27.7 Å². The zero-order valence-corrected chi connectivity index (χ0v) is 18.7. The van der Waals surface area contributed by atoms with E-state index in [9.17, 15) is 9.59 Å². The summed E-state index contributed by atoms with van der Waals surface area (Å²) in [5.41, 5.74) is 5.63. The molecule has 0 aliphatic carbocycles. The van der Waals surface area contributed by atoms with E-state index in [-0.39, 0.29) is 11.6 Å². The first-order valence-electron chi connectivity index (χ1n) is 10.7. The predicted octanol–water partition coefficient (Wildman–Crippen LogP) is 5.41. The van der Waals surface area contributed by atoms with E-state index >= 15 is 0 Å². The van der Waals surface area contributed by atoms with Crippen LogP contribution in [0.3, 0.4) is 0 Å². The van der Waals surface area contributed by atoms with Crippen molar-refractivity contribution in [2.24, 2.45) is 0 Å². The summed E-state index contributed by atoms with van der Waals surface area (Å²) in [5, 5.41) is 3.23. The lowest BCUT2D eigenvalue weighted by molar-refractivity contribution is -0.120. The van der Waals surface area contributed by atoms with Gasteiger partial charge in [-0.05, 0) is 68.7 Å². The third-order valence-corrected chi connectivity index (χ3v) is 5.43. The van der Waals surface area contributed by atoms with Gasteiger partial charge in [0.15, 0.2) is 0 Å². The second kappa shape index (κ2) is 8.71. The summed E-state index contributed by atoms with van der Waals surface area (Å²) >= 11 is 0. The Labute approximate surface area is 188 Å². The van der Waals surface area contributed by atoms with Gasteiger partial charge in [0.1, 0.15) is 11.4 Å². The van der Waals surface area contributed by atoms with Crippen LogP contribution in [0.25, 0.3) is 5.57 Å². The van der Waals surface area contributed by atoms with Gasteiger partial charge in [-0.1, -0.05) is 48.0 Å². The van der Waals surface area contributed by atoms with Crippen LogP contribution in [0, 0.1) is 20.8 Å². The molecule has 4 rings (SSSR count). The molecule has 5 heteroatoms. The van der Waals surface area contributed by atoms with E-state index in [4.69, 9.17) is 4.74 Å². The maximum absolute atomic E-state index is 13.7. The molecule has 1 aliphatic rings. The summed E-state index contributed by atoms with van der Waals surface area (Å²) in [4.78, 5) is 28.6. The average Bonchev–Trinajstić information content (AvgIpc) is 2.99. The Morgan fingerprint density at radius 2 is 1.59 bits per heavy atom. The van der Waals surface area contributed by atoms with Gasteiger partial charge >= 0.3 is 0 Å². The van der Waals surface area contributed by atoms with Crippen molar-refractivity contribution in [3.8, 4) is 5.75 Å².